The van der Waals surface area contributed by atoms with Crippen LogP contribution in [-0.4, -0.2) is 38.1 Å². The Morgan fingerprint density at radius 1 is 1.29 bits per heavy atom. The van der Waals surface area contributed by atoms with Crippen LogP contribution in [0.2, 0.25) is 0 Å². The van der Waals surface area contributed by atoms with Gasteiger partial charge in [0.05, 0.1) is 5.75 Å². The van der Waals surface area contributed by atoms with Gasteiger partial charge in [-0.3, -0.25) is 4.79 Å². The fourth-order valence-electron chi connectivity index (χ4n) is 1.69. The first kappa shape index (κ1) is 18.0. The highest BCUT2D eigenvalue weighted by molar-refractivity contribution is 7.98. The van der Waals surface area contributed by atoms with Crippen LogP contribution in [0.3, 0.4) is 0 Å². The normalized spacial score (nSPS) is 12.9. The summed E-state index contributed by atoms with van der Waals surface area (Å²) in [5.41, 5.74) is 0.979. The molecule has 5 nitrogen and oxygen atoms in total. The van der Waals surface area contributed by atoms with Crippen LogP contribution in [0.4, 0.5) is 0 Å². The van der Waals surface area contributed by atoms with Gasteiger partial charge in [-0.25, -0.2) is 13.1 Å². The first-order valence-corrected chi connectivity index (χ1v) is 9.83. The zero-order valence-corrected chi connectivity index (χ0v) is 14.0. The molecule has 0 aliphatic carbocycles. The maximum Gasteiger partial charge on any atom is 0.238 e. The Kier molecular flexibility index (Phi) is 7.77. The lowest BCUT2D eigenvalue weighted by molar-refractivity contribution is -0.122. The van der Waals surface area contributed by atoms with Gasteiger partial charge in [0.2, 0.25) is 15.9 Å². The van der Waals surface area contributed by atoms with E-state index in [2.05, 4.69) is 10.0 Å². The van der Waals surface area contributed by atoms with E-state index >= 15 is 0 Å². The zero-order valence-electron chi connectivity index (χ0n) is 12.3. The number of carbonyl (C=O) groups excluding carboxylic acids is 1. The summed E-state index contributed by atoms with van der Waals surface area (Å²) in [6.45, 7) is 1.94. The molecule has 0 saturated heterocycles. The molecule has 0 fully saturated rings. The molecular weight excluding hydrogens is 308 g/mol. The Morgan fingerprint density at radius 2 is 1.95 bits per heavy atom. The van der Waals surface area contributed by atoms with Crippen LogP contribution in [0, 0.1) is 0 Å². The predicted molar refractivity (Wildman–Crippen MR) is 87.7 cm³/mol. The minimum atomic E-state index is -3.40. The van der Waals surface area contributed by atoms with Crippen molar-refractivity contribution in [2.24, 2.45) is 0 Å². The fourth-order valence-corrected chi connectivity index (χ4v) is 2.98. The van der Waals surface area contributed by atoms with E-state index in [4.69, 9.17) is 0 Å². The van der Waals surface area contributed by atoms with Crippen molar-refractivity contribution in [1.82, 2.24) is 10.0 Å². The molecule has 0 aliphatic heterocycles. The quantitative estimate of drug-likeness (QED) is 0.717. The minimum Gasteiger partial charge on any atom is -0.351 e. The zero-order chi connectivity index (χ0) is 15.7. The summed E-state index contributed by atoms with van der Waals surface area (Å²) in [7, 11) is -3.40. The third-order valence-corrected chi connectivity index (χ3v) is 4.99. The lowest BCUT2D eigenvalue weighted by Crippen LogP contribution is -2.47. The molecule has 1 aromatic rings. The second kappa shape index (κ2) is 9.07. The smallest absolute Gasteiger partial charge is 0.238 e. The average Bonchev–Trinajstić information content (AvgIpc) is 2.50. The summed E-state index contributed by atoms with van der Waals surface area (Å²) in [6.07, 6.45) is 2.40. The number of thioether (sulfide) groups is 1. The number of benzene rings is 1. The van der Waals surface area contributed by atoms with Gasteiger partial charge in [0.15, 0.2) is 0 Å². The number of sulfonamides is 1. The maximum atomic E-state index is 12.2. The fraction of sp³-hybridized carbons (Fsp3) is 0.500. The van der Waals surface area contributed by atoms with Crippen LogP contribution in [0.15, 0.2) is 30.3 Å². The molecule has 1 rings (SSSR count). The number of carbonyl (C=O) groups is 1. The van der Waals surface area contributed by atoms with Gasteiger partial charge in [0.1, 0.15) is 6.04 Å². The molecule has 0 aliphatic rings. The molecule has 0 saturated carbocycles. The Morgan fingerprint density at radius 3 is 2.52 bits per heavy atom. The van der Waals surface area contributed by atoms with Gasteiger partial charge in [0, 0.05) is 6.54 Å². The second-order valence-corrected chi connectivity index (χ2v) is 7.59. The summed E-state index contributed by atoms with van der Waals surface area (Å²) in [5, 5.41) is 2.78. The van der Waals surface area contributed by atoms with Gasteiger partial charge < -0.3 is 5.32 Å². The summed E-state index contributed by atoms with van der Waals surface area (Å²) >= 11 is 1.58. The van der Waals surface area contributed by atoms with Crippen LogP contribution in [0.5, 0.6) is 0 Å². The van der Waals surface area contributed by atoms with Crippen molar-refractivity contribution in [3.63, 3.8) is 0 Å². The highest BCUT2D eigenvalue weighted by Gasteiger charge is 2.22. The van der Waals surface area contributed by atoms with E-state index in [9.17, 15) is 13.2 Å². The van der Waals surface area contributed by atoms with Gasteiger partial charge in [0.25, 0.3) is 0 Å². The molecule has 0 unspecified atom stereocenters. The van der Waals surface area contributed by atoms with Gasteiger partial charge in [-0.05, 0) is 30.9 Å². The highest BCUT2D eigenvalue weighted by Crippen LogP contribution is 2.04. The van der Waals surface area contributed by atoms with Crippen molar-refractivity contribution in [3.05, 3.63) is 35.9 Å². The van der Waals surface area contributed by atoms with Crippen LogP contribution in [-0.2, 0) is 21.4 Å². The second-order valence-electron chi connectivity index (χ2n) is 4.56. The first-order valence-electron chi connectivity index (χ1n) is 6.79. The highest BCUT2D eigenvalue weighted by atomic mass is 32.2. The molecule has 118 valence electrons. The molecule has 0 radical (unpaired) electrons. The van der Waals surface area contributed by atoms with Gasteiger partial charge in [-0.2, -0.15) is 11.8 Å². The molecule has 7 heteroatoms. The number of amides is 1. The largest absolute Gasteiger partial charge is 0.351 e. The van der Waals surface area contributed by atoms with Crippen LogP contribution in [0.1, 0.15) is 18.9 Å². The van der Waals surface area contributed by atoms with E-state index in [0.29, 0.717) is 13.0 Å². The first-order chi connectivity index (χ1) is 9.98. The Bertz CT molecular complexity index is 532. The third-order valence-electron chi connectivity index (χ3n) is 2.94. The van der Waals surface area contributed by atoms with Crippen molar-refractivity contribution in [2.75, 3.05) is 17.8 Å². The van der Waals surface area contributed by atoms with Crippen molar-refractivity contribution >= 4 is 27.7 Å². The molecule has 2 N–H and O–H groups in total. The number of hydrogen-bond donors (Lipinski definition) is 2. The van der Waals surface area contributed by atoms with E-state index in [1.165, 1.54) is 0 Å². The molecule has 1 atom stereocenters. The topological polar surface area (TPSA) is 75.3 Å². The predicted octanol–water partition coefficient (Wildman–Crippen LogP) is 1.36. The molecule has 1 aromatic carbocycles. The third kappa shape index (κ3) is 6.97. The van der Waals surface area contributed by atoms with Gasteiger partial charge in [-0.1, -0.05) is 30.3 Å². The molecule has 0 aromatic heterocycles. The van der Waals surface area contributed by atoms with Crippen molar-refractivity contribution < 1.29 is 13.2 Å². The lowest BCUT2D eigenvalue weighted by atomic mass is 10.2. The van der Waals surface area contributed by atoms with E-state index in [-0.39, 0.29) is 11.7 Å². The molecule has 21 heavy (non-hydrogen) atoms. The average molecular weight is 330 g/mol. The van der Waals surface area contributed by atoms with E-state index in [1.54, 1.807) is 18.7 Å². The van der Waals surface area contributed by atoms with E-state index < -0.39 is 16.1 Å². The maximum absolute atomic E-state index is 12.2. The SMILES string of the molecule is CCS(=O)(=O)N[C@H](CCSC)C(=O)NCc1ccccc1. The Hall–Kier alpha value is -1.05. The Labute approximate surface area is 130 Å². The van der Waals surface area contributed by atoms with Gasteiger partial charge >= 0.3 is 0 Å². The molecule has 1 amide bonds. The minimum absolute atomic E-state index is 0.0330. The monoisotopic (exact) mass is 330 g/mol. The van der Waals surface area contributed by atoms with Crippen molar-refractivity contribution in [2.45, 2.75) is 25.9 Å². The van der Waals surface area contributed by atoms with Crippen molar-refractivity contribution in [1.29, 1.82) is 0 Å². The number of hydrogen-bond acceptors (Lipinski definition) is 4. The summed E-state index contributed by atoms with van der Waals surface area (Å²) in [4.78, 5) is 12.2. The standard InChI is InChI=1S/C14H22N2O3S2/c1-3-21(18,19)16-13(9-10-20-2)14(17)15-11-12-7-5-4-6-8-12/h4-8,13,16H,3,9-11H2,1-2H3,(H,15,17)/t13-/m1/s1. The molecule has 0 heterocycles. The number of rotatable bonds is 9. The summed E-state index contributed by atoms with van der Waals surface area (Å²) in [5.74, 6) is 0.398. The summed E-state index contributed by atoms with van der Waals surface area (Å²) < 4.78 is 25.8. The van der Waals surface area contributed by atoms with Gasteiger partial charge in [-0.15, -0.1) is 0 Å². The van der Waals surface area contributed by atoms with Crippen LogP contribution in [0.25, 0.3) is 0 Å². The van der Waals surface area contributed by atoms with E-state index in [1.807, 2.05) is 36.6 Å². The van der Waals surface area contributed by atoms with Crippen LogP contribution < -0.4 is 10.0 Å². The van der Waals surface area contributed by atoms with Crippen molar-refractivity contribution in [3.8, 4) is 0 Å². The van der Waals surface area contributed by atoms with E-state index in [0.717, 1.165) is 11.3 Å². The molecule has 0 spiro atoms. The Balaban J connectivity index is 2.62. The number of nitrogens with one attached hydrogen (secondary N) is 2. The summed E-state index contributed by atoms with van der Waals surface area (Å²) in [6, 6.07) is 8.80. The van der Waals surface area contributed by atoms with Crippen LogP contribution >= 0.6 is 11.8 Å². The molecular formula is C14H22N2O3S2. The molecule has 0 bridgehead atoms. The lowest BCUT2D eigenvalue weighted by Gasteiger charge is -2.17.